The zero-order chi connectivity index (χ0) is 12.7. The van der Waals surface area contributed by atoms with Crippen LogP contribution in [-0.4, -0.2) is 21.3 Å². The molecule has 3 rings (SSSR count). The summed E-state index contributed by atoms with van der Waals surface area (Å²) < 4.78 is 2.02. The molecule has 2 aromatic rings. The van der Waals surface area contributed by atoms with Gasteiger partial charge in [0.05, 0.1) is 6.04 Å². The Bertz CT molecular complexity index is 565. The molecule has 4 nitrogen and oxygen atoms in total. The Kier molecular flexibility index (Phi) is 2.58. The first-order valence-electron chi connectivity index (χ1n) is 6.39. The zero-order valence-corrected chi connectivity index (χ0v) is 11.1. The van der Waals surface area contributed by atoms with Gasteiger partial charge in [-0.15, -0.1) is 0 Å². The predicted molar refractivity (Wildman–Crippen MR) is 71.9 cm³/mol. The van der Waals surface area contributed by atoms with Gasteiger partial charge in [-0.1, -0.05) is 29.3 Å². The molecule has 0 saturated carbocycles. The summed E-state index contributed by atoms with van der Waals surface area (Å²) in [6.45, 7) is 7.18. The second-order valence-electron chi connectivity index (χ2n) is 5.08. The van der Waals surface area contributed by atoms with E-state index in [-0.39, 0.29) is 0 Å². The summed E-state index contributed by atoms with van der Waals surface area (Å²) in [4.78, 5) is 4.41. The summed E-state index contributed by atoms with van der Waals surface area (Å²) in [5.74, 6) is 1.72. The van der Waals surface area contributed by atoms with E-state index in [1.54, 1.807) is 0 Å². The number of hydrogen-bond acceptors (Lipinski definition) is 3. The Morgan fingerprint density at radius 2 is 1.89 bits per heavy atom. The number of aromatic nitrogens is 3. The van der Waals surface area contributed by atoms with Crippen LogP contribution in [0, 0.1) is 20.8 Å². The molecule has 0 fully saturated rings. The van der Waals surface area contributed by atoms with Gasteiger partial charge in [0.15, 0.2) is 0 Å². The molecular weight excluding hydrogens is 224 g/mol. The van der Waals surface area contributed by atoms with E-state index in [1.165, 1.54) is 16.7 Å². The number of nitrogens with one attached hydrogen (secondary N) is 1. The third-order valence-corrected chi connectivity index (χ3v) is 3.36. The Labute approximate surface area is 107 Å². The average molecular weight is 242 g/mol. The van der Waals surface area contributed by atoms with Gasteiger partial charge in [-0.2, -0.15) is 10.1 Å². The highest BCUT2D eigenvalue weighted by atomic mass is 15.4. The van der Waals surface area contributed by atoms with Gasteiger partial charge in [0.25, 0.3) is 0 Å². The topological polar surface area (TPSA) is 42.7 Å². The number of rotatable bonds is 1. The maximum absolute atomic E-state index is 4.51. The first-order chi connectivity index (χ1) is 8.63. The maximum atomic E-state index is 4.51. The highest BCUT2D eigenvalue weighted by Gasteiger charge is 2.23. The van der Waals surface area contributed by atoms with E-state index in [0.29, 0.717) is 6.04 Å². The maximum Gasteiger partial charge on any atom is 0.221 e. The highest BCUT2D eigenvalue weighted by Crippen LogP contribution is 2.29. The summed E-state index contributed by atoms with van der Waals surface area (Å²) in [6.07, 6.45) is 1.05. The highest BCUT2D eigenvalue weighted by molar-refractivity contribution is 5.36. The monoisotopic (exact) mass is 242 g/mol. The molecule has 18 heavy (non-hydrogen) atoms. The van der Waals surface area contributed by atoms with Crippen LogP contribution in [0.2, 0.25) is 0 Å². The minimum Gasteiger partial charge on any atom is -0.354 e. The molecule has 1 aliphatic heterocycles. The molecule has 0 aliphatic carbocycles. The SMILES string of the molecule is Cc1cc(C)cc(C2CCNc3nc(C)nn32)c1. The van der Waals surface area contributed by atoms with Crippen molar-refractivity contribution in [3.8, 4) is 0 Å². The fraction of sp³-hybridized carbons (Fsp3) is 0.429. The van der Waals surface area contributed by atoms with Gasteiger partial charge in [0.1, 0.15) is 5.82 Å². The Hall–Kier alpha value is -1.84. The van der Waals surface area contributed by atoms with E-state index in [0.717, 1.165) is 24.7 Å². The van der Waals surface area contributed by atoms with Crippen molar-refractivity contribution in [2.24, 2.45) is 0 Å². The number of benzene rings is 1. The van der Waals surface area contributed by atoms with Gasteiger partial charge in [-0.3, -0.25) is 0 Å². The second kappa shape index (κ2) is 4.12. The van der Waals surface area contributed by atoms with Crippen molar-refractivity contribution in [3.63, 3.8) is 0 Å². The molecule has 0 saturated heterocycles. The van der Waals surface area contributed by atoms with E-state index in [9.17, 15) is 0 Å². The van der Waals surface area contributed by atoms with Crippen LogP contribution in [0.15, 0.2) is 18.2 Å². The van der Waals surface area contributed by atoms with Crippen LogP contribution >= 0.6 is 0 Å². The van der Waals surface area contributed by atoms with Gasteiger partial charge < -0.3 is 5.32 Å². The lowest BCUT2D eigenvalue weighted by Gasteiger charge is -2.25. The van der Waals surface area contributed by atoms with Gasteiger partial charge in [0, 0.05) is 6.54 Å². The van der Waals surface area contributed by atoms with Crippen LogP contribution in [0.4, 0.5) is 5.95 Å². The molecule has 1 atom stereocenters. The molecule has 94 valence electrons. The van der Waals surface area contributed by atoms with Gasteiger partial charge in [-0.05, 0) is 32.8 Å². The van der Waals surface area contributed by atoms with Crippen LogP contribution in [0.3, 0.4) is 0 Å². The molecule has 1 N–H and O–H groups in total. The minimum absolute atomic E-state index is 0.307. The normalized spacial score (nSPS) is 18.3. The van der Waals surface area contributed by atoms with E-state index in [2.05, 4.69) is 47.4 Å². The molecule has 1 aromatic carbocycles. The third kappa shape index (κ3) is 1.88. The fourth-order valence-electron chi connectivity index (χ4n) is 2.72. The van der Waals surface area contributed by atoms with Crippen LogP contribution in [0.1, 0.15) is 35.0 Å². The number of aryl methyl sites for hydroxylation is 3. The lowest BCUT2D eigenvalue weighted by atomic mass is 9.98. The molecule has 0 spiro atoms. The van der Waals surface area contributed by atoms with Gasteiger partial charge >= 0.3 is 0 Å². The second-order valence-corrected chi connectivity index (χ2v) is 5.08. The molecule has 0 radical (unpaired) electrons. The van der Waals surface area contributed by atoms with Gasteiger partial charge in [0.2, 0.25) is 5.95 Å². The summed E-state index contributed by atoms with van der Waals surface area (Å²) in [7, 11) is 0. The molecule has 1 aromatic heterocycles. The van der Waals surface area contributed by atoms with Gasteiger partial charge in [-0.25, -0.2) is 4.68 Å². The average Bonchev–Trinajstić information content (AvgIpc) is 2.67. The largest absolute Gasteiger partial charge is 0.354 e. The van der Waals surface area contributed by atoms with Crippen LogP contribution < -0.4 is 5.32 Å². The van der Waals surface area contributed by atoms with E-state index < -0.39 is 0 Å². The van der Waals surface area contributed by atoms with Crippen molar-refractivity contribution in [1.29, 1.82) is 0 Å². The van der Waals surface area contributed by atoms with Crippen molar-refractivity contribution >= 4 is 5.95 Å². The molecule has 0 amide bonds. The van der Waals surface area contributed by atoms with Crippen molar-refractivity contribution in [2.75, 3.05) is 11.9 Å². The number of anilines is 1. The molecule has 2 heterocycles. The van der Waals surface area contributed by atoms with E-state index >= 15 is 0 Å². The third-order valence-electron chi connectivity index (χ3n) is 3.36. The van der Waals surface area contributed by atoms with E-state index in [1.807, 2.05) is 11.6 Å². The number of fused-ring (bicyclic) bond motifs is 1. The smallest absolute Gasteiger partial charge is 0.221 e. The van der Waals surface area contributed by atoms with Crippen LogP contribution in [-0.2, 0) is 0 Å². The molecule has 4 heteroatoms. The van der Waals surface area contributed by atoms with E-state index in [4.69, 9.17) is 0 Å². The van der Waals surface area contributed by atoms with Crippen molar-refractivity contribution in [3.05, 3.63) is 40.7 Å². The Morgan fingerprint density at radius 3 is 2.61 bits per heavy atom. The fourth-order valence-corrected chi connectivity index (χ4v) is 2.72. The van der Waals surface area contributed by atoms with Crippen LogP contribution in [0.25, 0.3) is 0 Å². The van der Waals surface area contributed by atoms with Crippen LogP contribution in [0.5, 0.6) is 0 Å². The molecule has 1 aliphatic rings. The number of hydrogen-bond donors (Lipinski definition) is 1. The quantitative estimate of drug-likeness (QED) is 0.836. The first-order valence-corrected chi connectivity index (χ1v) is 6.39. The lowest BCUT2D eigenvalue weighted by Crippen LogP contribution is -2.24. The molecule has 0 bridgehead atoms. The Balaban J connectivity index is 2.07. The lowest BCUT2D eigenvalue weighted by molar-refractivity contribution is 0.478. The predicted octanol–water partition coefficient (Wildman–Crippen LogP) is 2.61. The minimum atomic E-state index is 0.307. The summed E-state index contributed by atoms with van der Waals surface area (Å²) in [6, 6.07) is 7.02. The molecular formula is C14H18N4. The van der Waals surface area contributed by atoms with Crippen molar-refractivity contribution < 1.29 is 0 Å². The summed E-state index contributed by atoms with van der Waals surface area (Å²) in [5.41, 5.74) is 3.95. The zero-order valence-electron chi connectivity index (χ0n) is 11.1. The number of nitrogens with zero attached hydrogens (tertiary/aromatic N) is 3. The first kappa shape index (κ1) is 11.3. The standard InChI is InChI=1S/C14H18N4/c1-9-6-10(2)8-12(7-9)13-4-5-15-14-16-11(3)17-18(13)14/h6-8,13H,4-5H2,1-3H3,(H,15,16,17). The van der Waals surface area contributed by atoms with Crippen molar-refractivity contribution in [1.82, 2.24) is 14.8 Å². The Morgan fingerprint density at radius 1 is 1.17 bits per heavy atom. The molecule has 1 unspecified atom stereocenters. The summed E-state index contributed by atoms with van der Waals surface area (Å²) in [5, 5.41) is 7.81. The van der Waals surface area contributed by atoms with Crippen molar-refractivity contribution in [2.45, 2.75) is 33.2 Å². The summed E-state index contributed by atoms with van der Waals surface area (Å²) >= 11 is 0.